The first kappa shape index (κ1) is 14.2. The van der Waals surface area contributed by atoms with Crippen LogP contribution in [0.3, 0.4) is 0 Å². The highest BCUT2D eigenvalue weighted by molar-refractivity contribution is 5.97. The molecule has 0 bridgehead atoms. The van der Waals surface area contributed by atoms with Gasteiger partial charge >= 0.3 is 0 Å². The molecule has 0 aromatic rings. The van der Waals surface area contributed by atoms with Gasteiger partial charge < -0.3 is 0 Å². The van der Waals surface area contributed by atoms with Gasteiger partial charge in [0.15, 0.2) is 0 Å². The van der Waals surface area contributed by atoms with Crippen molar-refractivity contribution in [3.8, 4) is 11.8 Å². The van der Waals surface area contributed by atoms with Crippen molar-refractivity contribution in [2.24, 2.45) is 5.92 Å². The van der Waals surface area contributed by atoms with Crippen molar-refractivity contribution in [1.29, 1.82) is 0 Å². The lowest BCUT2D eigenvalue weighted by atomic mass is 10.0. The zero-order valence-electron chi connectivity index (χ0n) is 11.4. The lowest BCUT2D eigenvalue weighted by Gasteiger charge is -2.30. The smallest absolute Gasteiger partial charge is 0.208 e. The van der Waals surface area contributed by atoms with Crippen LogP contribution in [0.15, 0.2) is 0 Å². The Bertz CT molecular complexity index is 360. The van der Waals surface area contributed by atoms with E-state index in [0.29, 0.717) is 19.5 Å². The topological polar surface area (TPSA) is 20.3 Å². The summed E-state index contributed by atoms with van der Waals surface area (Å²) in [6.07, 6.45) is 0.538. The molecule has 0 spiro atoms. The summed E-state index contributed by atoms with van der Waals surface area (Å²) in [6, 6.07) is 0. The fraction of sp³-hybridized carbons (Fsp3) is 0.786. The third kappa shape index (κ3) is 3.81. The highest BCUT2D eigenvalue weighted by atomic mass is 19.1. The molecular formula is C14H22FNO. The average Bonchev–Trinajstić information content (AvgIpc) is 2.56. The van der Waals surface area contributed by atoms with Crippen LogP contribution in [0.25, 0.3) is 0 Å². The number of Topliss-reactive ketones (excluding diaryl/α,β-unsaturated/α-hetero) is 1. The number of hydrogen-bond donors (Lipinski definition) is 0. The first-order valence-corrected chi connectivity index (χ1v) is 6.15. The molecule has 1 aliphatic rings. The quantitative estimate of drug-likeness (QED) is 0.545. The third-order valence-corrected chi connectivity index (χ3v) is 3.23. The predicted molar refractivity (Wildman–Crippen MR) is 67.4 cm³/mol. The van der Waals surface area contributed by atoms with Crippen LogP contribution in [0.5, 0.6) is 0 Å². The van der Waals surface area contributed by atoms with Gasteiger partial charge in [0.2, 0.25) is 5.78 Å². The molecule has 0 aromatic carbocycles. The van der Waals surface area contributed by atoms with Crippen molar-refractivity contribution in [1.82, 2.24) is 4.90 Å². The summed E-state index contributed by atoms with van der Waals surface area (Å²) in [4.78, 5) is 13.5. The Morgan fingerprint density at radius 1 is 1.47 bits per heavy atom. The number of halogens is 1. The van der Waals surface area contributed by atoms with Gasteiger partial charge in [-0.05, 0) is 33.1 Å². The summed E-state index contributed by atoms with van der Waals surface area (Å²) in [5, 5.41) is 0. The van der Waals surface area contributed by atoms with E-state index in [1.165, 1.54) is 0 Å². The molecule has 1 saturated heterocycles. The van der Waals surface area contributed by atoms with E-state index >= 15 is 0 Å². The zero-order chi connectivity index (χ0) is 13.3. The van der Waals surface area contributed by atoms with Gasteiger partial charge in [-0.1, -0.05) is 19.8 Å². The minimum Gasteiger partial charge on any atom is -0.285 e. The van der Waals surface area contributed by atoms with Gasteiger partial charge in [0.25, 0.3) is 0 Å². The number of carbonyl (C=O) groups is 1. The van der Waals surface area contributed by atoms with Crippen molar-refractivity contribution >= 4 is 5.78 Å². The maximum atomic E-state index is 13.8. The van der Waals surface area contributed by atoms with E-state index in [-0.39, 0.29) is 11.7 Å². The van der Waals surface area contributed by atoms with Crippen molar-refractivity contribution in [3.63, 3.8) is 0 Å². The Kier molecular flexibility index (Phi) is 3.99. The number of likely N-dealkylation sites (tertiary alicyclic amines) is 1. The van der Waals surface area contributed by atoms with Crippen LogP contribution in [0.1, 0.15) is 41.0 Å². The van der Waals surface area contributed by atoms with Crippen LogP contribution < -0.4 is 0 Å². The first-order chi connectivity index (χ1) is 7.64. The van der Waals surface area contributed by atoms with E-state index in [1.54, 1.807) is 6.92 Å². The molecule has 3 heteroatoms. The van der Waals surface area contributed by atoms with Gasteiger partial charge in [-0.2, -0.15) is 0 Å². The average molecular weight is 239 g/mol. The molecule has 0 aliphatic carbocycles. The molecule has 1 fully saturated rings. The standard InChI is InChI=1S/C14H22FNO/c1-11(2)12(17)6-7-13(3,4)16-9-8-14(5,15)10-16/h11H,8-10H2,1-5H3. The van der Waals surface area contributed by atoms with Crippen molar-refractivity contribution in [3.05, 3.63) is 0 Å². The Hall–Kier alpha value is -0.880. The monoisotopic (exact) mass is 239 g/mol. The van der Waals surface area contributed by atoms with Gasteiger partial charge in [-0.15, -0.1) is 0 Å². The molecular weight excluding hydrogens is 217 g/mol. The molecule has 17 heavy (non-hydrogen) atoms. The van der Waals surface area contributed by atoms with Crippen molar-refractivity contribution in [2.45, 2.75) is 52.2 Å². The van der Waals surface area contributed by atoms with E-state index < -0.39 is 11.2 Å². The maximum absolute atomic E-state index is 13.8. The zero-order valence-corrected chi connectivity index (χ0v) is 11.4. The fourth-order valence-corrected chi connectivity index (χ4v) is 1.84. The molecule has 1 unspecified atom stereocenters. The fourth-order valence-electron chi connectivity index (χ4n) is 1.84. The minimum atomic E-state index is -1.12. The second-order valence-electron chi connectivity index (χ2n) is 5.91. The highest BCUT2D eigenvalue weighted by Gasteiger charge is 2.39. The molecule has 0 aromatic heterocycles. The molecule has 2 nitrogen and oxygen atoms in total. The van der Waals surface area contributed by atoms with Gasteiger partial charge in [-0.25, -0.2) is 4.39 Å². The summed E-state index contributed by atoms with van der Waals surface area (Å²) in [5.74, 6) is 5.53. The van der Waals surface area contributed by atoms with Crippen LogP contribution in [0.2, 0.25) is 0 Å². The number of alkyl halides is 1. The molecule has 0 amide bonds. The molecule has 0 radical (unpaired) electrons. The van der Waals surface area contributed by atoms with Crippen molar-refractivity contribution < 1.29 is 9.18 Å². The van der Waals surface area contributed by atoms with E-state index in [2.05, 4.69) is 11.8 Å². The summed E-state index contributed by atoms with van der Waals surface area (Å²) in [5.41, 5.74) is -1.56. The molecule has 1 aliphatic heterocycles. The number of nitrogens with zero attached hydrogens (tertiary/aromatic N) is 1. The maximum Gasteiger partial charge on any atom is 0.208 e. The Morgan fingerprint density at radius 2 is 2.06 bits per heavy atom. The Morgan fingerprint density at radius 3 is 2.47 bits per heavy atom. The normalized spacial score (nSPS) is 25.8. The minimum absolute atomic E-state index is 0.0553. The lowest BCUT2D eigenvalue weighted by molar-refractivity contribution is -0.116. The van der Waals surface area contributed by atoms with E-state index in [0.717, 1.165) is 0 Å². The Balaban J connectivity index is 2.73. The number of ketones is 1. The number of carbonyl (C=O) groups excluding carboxylic acids is 1. The van der Waals surface area contributed by atoms with Gasteiger partial charge in [0.05, 0.1) is 5.54 Å². The van der Waals surface area contributed by atoms with Crippen LogP contribution in [-0.2, 0) is 4.79 Å². The summed E-state index contributed by atoms with van der Waals surface area (Å²) in [7, 11) is 0. The largest absolute Gasteiger partial charge is 0.285 e. The van der Waals surface area contributed by atoms with Crippen LogP contribution >= 0.6 is 0 Å². The summed E-state index contributed by atoms with van der Waals surface area (Å²) < 4.78 is 13.8. The second kappa shape index (κ2) is 4.78. The summed E-state index contributed by atoms with van der Waals surface area (Å²) in [6.45, 7) is 10.3. The van der Waals surface area contributed by atoms with E-state index in [1.807, 2.05) is 32.6 Å². The SMILES string of the molecule is CC(C)C(=O)C#CC(C)(C)N1CCC(C)(F)C1. The van der Waals surface area contributed by atoms with Crippen LogP contribution in [-0.4, -0.2) is 35.0 Å². The van der Waals surface area contributed by atoms with Gasteiger partial charge in [0.1, 0.15) is 5.67 Å². The molecule has 96 valence electrons. The number of hydrogen-bond acceptors (Lipinski definition) is 2. The third-order valence-electron chi connectivity index (χ3n) is 3.23. The Labute approximate surface area is 104 Å². The number of rotatable bonds is 2. The van der Waals surface area contributed by atoms with Crippen LogP contribution in [0.4, 0.5) is 4.39 Å². The van der Waals surface area contributed by atoms with E-state index in [4.69, 9.17) is 0 Å². The van der Waals surface area contributed by atoms with E-state index in [9.17, 15) is 9.18 Å². The second-order valence-corrected chi connectivity index (χ2v) is 5.91. The van der Waals surface area contributed by atoms with Crippen LogP contribution in [0, 0.1) is 17.8 Å². The van der Waals surface area contributed by atoms with Crippen molar-refractivity contribution in [2.75, 3.05) is 13.1 Å². The highest BCUT2D eigenvalue weighted by Crippen LogP contribution is 2.29. The predicted octanol–water partition coefficient (Wildman–Crippen LogP) is 2.43. The van der Waals surface area contributed by atoms with Gasteiger partial charge in [0, 0.05) is 19.0 Å². The van der Waals surface area contributed by atoms with Gasteiger partial charge in [-0.3, -0.25) is 9.69 Å². The molecule has 1 heterocycles. The molecule has 0 saturated carbocycles. The molecule has 0 N–H and O–H groups in total. The summed E-state index contributed by atoms with van der Waals surface area (Å²) >= 11 is 0. The first-order valence-electron chi connectivity index (χ1n) is 6.15. The lowest BCUT2D eigenvalue weighted by Crippen LogP contribution is -2.42. The molecule has 1 rings (SSSR count). The molecule has 1 atom stereocenters.